The number of allylic oxidation sites excluding steroid dienone is 5. The molecule has 0 atom stereocenters. The van der Waals surface area contributed by atoms with Gasteiger partial charge in [-0.2, -0.15) is 0 Å². The predicted molar refractivity (Wildman–Crippen MR) is 94.2 cm³/mol. The zero-order chi connectivity index (χ0) is 19.6. The van der Waals surface area contributed by atoms with Crippen LogP contribution >= 0.6 is 0 Å². The van der Waals surface area contributed by atoms with Crippen molar-refractivity contribution in [3.05, 3.63) is 59.1 Å². The first-order chi connectivity index (χ1) is 12.0. The highest BCUT2D eigenvalue weighted by Crippen LogP contribution is 2.30. The molecule has 0 aliphatic heterocycles. The van der Waals surface area contributed by atoms with Crippen LogP contribution in [0.4, 0.5) is 0 Å². The molecule has 0 amide bonds. The molecule has 1 heterocycles. The third-order valence-electron chi connectivity index (χ3n) is 3.57. The number of ether oxygens (including phenoxy) is 1. The lowest BCUT2D eigenvalue weighted by Gasteiger charge is -2.18. The Morgan fingerprint density at radius 2 is 1.88 bits per heavy atom. The Morgan fingerprint density at radius 1 is 1.23 bits per heavy atom. The number of carbonyl (C=O) groups is 4. The molecule has 0 aromatic carbocycles. The van der Waals surface area contributed by atoms with Crippen molar-refractivity contribution in [1.82, 2.24) is 0 Å². The highest BCUT2D eigenvalue weighted by Gasteiger charge is 2.34. The van der Waals surface area contributed by atoms with Gasteiger partial charge in [0, 0.05) is 11.1 Å². The van der Waals surface area contributed by atoms with Gasteiger partial charge in [-0.05, 0) is 33.8 Å². The van der Waals surface area contributed by atoms with E-state index >= 15 is 0 Å². The molecule has 0 fully saturated rings. The molecule has 0 spiro atoms. The van der Waals surface area contributed by atoms with E-state index in [0.29, 0.717) is 0 Å². The number of Topliss-reactive ketones (excluding diaryl/α,β-unsaturated/α-hetero) is 3. The Hall–Kier alpha value is -3.02. The smallest absolute Gasteiger partial charge is 0.314 e. The molecule has 136 valence electrons. The van der Waals surface area contributed by atoms with Crippen molar-refractivity contribution in [2.75, 3.05) is 0 Å². The summed E-state index contributed by atoms with van der Waals surface area (Å²) in [5.74, 6) is -2.66. The minimum absolute atomic E-state index is 0.0110. The van der Waals surface area contributed by atoms with Gasteiger partial charge in [0.25, 0.3) is 0 Å². The average molecular weight is 356 g/mol. The average Bonchev–Trinajstić information content (AvgIpc) is 2.96. The number of esters is 1. The summed E-state index contributed by atoms with van der Waals surface area (Å²) in [7, 11) is 0. The molecule has 26 heavy (non-hydrogen) atoms. The monoisotopic (exact) mass is 356 g/mol. The van der Waals surface area contributed by atoms with Gasteiger partial charge in [0.2, 0.25) is 11.6 Å². The van der Waals surface area contributed by atoms with E-state index in [1.165, 1.54) is 25.1 Å². The van der Waals surface area contributed by atoms with Crippen LogP contribution in [-0.2, 0) is 9.53 Å². The molecule has 0 N–H and O–H groups in total. The molecule has 0 bridgehead atoms. The lowest BCUT2D eigenvalue weighted by molar-refractivity contribution is -0.153. The standard InChI is InChI=1S/C20H20O6/c1-6-7-8-12-11(2)17(23)19-13(18(12)24)9-15(25-19)14(21)10-16(22)26-20(3,4)5/h6-9H,1,10H2,2-5H3/b8-7-. The van der Waals surface area contributed by atoms with Crippen LogP contribution in [0.25, 0.3) is 0 Å². The van der Waals surface area contributed by atoms with Gasteiger partial charge in [-0.15, -0.1) is 0 Å². The summed E-state index contributed by atoms with van der Waals surface area (Å²) in [6.45, 7) is 10.1. The first-order valence-corrected chi connectivity index (χ1v) is 8.03. The number of hydrogen-bond donors (Lipinski definition) is 0. The SMILES string of the molecule is C=C/C=C\C1=C(C)C(=O)c2oc(C(=O)CC(=O)OC(C)(C)C)cc2C1=O. The van der Waals surface area contributed by atoms with E-state index in [1.807, 2.05) is 0 Å². The second kappa shape index (κ2) is 7.07. The highest BCUT2D eigenvalue weighted by molar-refractivity contribution is 6.27. The molecular weight excluding hydrogens is 336 g/mol. The Morgan fingerprint density at radius 3 is 2.46 bits per heavy atom. The fourth-order valence-corrected chi connectivity index (χ4v) is 2.43. The normalized spacial score (nSPS) is 14.6. The summed E-state index contributed by atoms with van der Waals surface area (Å²) in [4.78, 5) is 49.0. The van der Waals surface area contributed by atoms with E-state index < -0.39 is 35.3 Å². The zero-order valence-corrected chi connectivity index (χ0v) is 15.2. The van der Waals surface area contributed by atoms with Crippen molar-refractivity contribution in [2.24, 2.45) is 0 Å². The summed E-state index contributed by atoms with van der Waals surface area (Å²) < 4.78 is 10.4. The van der Waals surface area contributed by atoms with Crippen LogP contribution in [0.1, 0.15) is 65.6 Å². The highest BCUT2D eigenvalue weighted by atomic mass is 16.6. The fourth-order valence-electron chi connectivity index (χ4n) is 2.43. The largest absolute Gasteiger partial charge is 0.460 e. The van der Waals surface area contributed by atoms with Crippen molar-refractivity contribution >= 4 is 23.3 Å². The van der Waals surface area contributed by atoms with Gasteiger partial charge in [-0.1, -0.05) is 24.8 Å². The Kier molecular flexibility index (Phi) is 5.25. The topological polar surface area (TPSA) is 90.7 Å². The van der Waals surface area contributed by atoms with Crippen LogP contribution in [0, 0.1) is 0 Å². The van der Waals surface area contributed by atoms with Crippen LogP contribution in [0.15, 0.2) is 46.4 Å². The van der Waals surface area contributed by atoms with Crippen LogP contribution in [-0.4, -0.2) is 28.9 Å². The van der Waals surface area contributed by atoms with Gasteiger partial charge in [0.05, 0.1) is 5.56 Å². The minimum atomic E-state index is -0.723. The molecule has 2 rings (SSSR count). The van der Waals surface area contributed by atoms with Crippen molar-refractivity contribution < 1.29 is 28.3 Å². The maximum Gasteiger partial charge on any atom is 0.314 e. The summed E-state index contributed by atoms with van der Waals surface area (Å²) in [5, 5.41) is 0. The Labute approximate surface area is 151 Å². The van der Waals surface area contributed by atoms with Crippen molar-refractivity contribution in [2.45, 2.75) is 39.7 Å². The van der Waals surface area contributed by atoms with Crippen LogP contribution in [0.2, 0.25) is 0 Å². The number of hydrogen-bond acceptors (Lipinski definition) is 6. The molecule has 0 saturated heterocycles. The van der Waals surface area contributed by atoms with Crippen LogP contribution in [0.3, 0.4) is 0 Å². The first-order valence-electron chi connectivity index (χ1n) is 8.03. The summed E-state index contributed by atoms with van der Waals surface area (Å²) in [5.41, 5.74) is -0.272. The predicted octanol–water partition coefficient (Wildman–Crippen LogP) is 3.63. The quantitative estimate of drug-likeness (QED) is 0.346. The van der Waals surface area contributed by atoms with Crippen molar-refractivity contribution in [3.8, 4) is 0 Å². The molecule has 1 aromatic heterocycles. The van der Waals surface area contributed by atoms with Crippen molar-refractivity contribution in [1.29, 1.82) is 0 Å². The molecule has 1 aliphatic carbocycles. The van der Waals surface area contributed by atoms with Gasteiger partial charge >= 0.3 is 5.97 Å². The zero-order valence-electron chi connectivity index (χ0n) is 15.2. The lowest BCUT2D eigenvalue weighted by Crippen LogP contribution is -2.25. The molecule has 6 heteroatoms. The molecule has 0 unspecified atom stereocenters. The number of fused-ring (bicyclic) bond motifs is 1. The Bertz CT molecular complexity index is 871. The number of rotatable bonds is 5. The van der Waals surface area contributed by atoms with Gasteiger partial charge in [0.1, 0.15) is 12.0 Å². The van der Waals surface area contributed by atoms with Gasteiger partial charge in [-0.3, -0.25) is 19.2 Å². The number of carbonyl (C=O) groups excluding carboxylic acids is 4. The van der Waals surface area contributed by atoms with E-state index in [1.54, 1.807) is 26.8 Å². The second-order valence-corrected chi connectivity index (χ2v) is 6.83. The maximum absolute atomic E-state index is 12.6. The third kappa shape index (κ3) is 3.96. The molecule has 1 aliphatic rings. The molecular formula is C20H20O6. The lowest BCUT2D eigenvalue weighted by atomic mass is 9.89. The number of ketones is 3. The van der Waals surface area contributed by atoms with E-state index in [-0.39, 0.29) is 28.2 Å². The second-order valence-electron chi connectivity index (χ2n) is 6.83. The van der Waals surface area contributed by atoms with Gasteiger partial charge in [-0.25, -0.2) is 0 Å². The van der Waals surface area contributed by atoms with E-state index in [0.717, 1.165) is 0 Å². The third-order valence-corrected chi connectivity index (χ3v) is 3.57. The molecule has 0 radical (unpaired) electrons. The summed E-state index contributed by atoms with van der Waals surface area (Å²) in [6.07, 6.45) is 3.98. The van der Waals surface area contributed by atoms with Gasteiger partial charge in [0.15, 0.2) is 17.3 Å². The summed E-state index contributed by atoms with van der Waals surface area (Å²) in [6, 6.07) is 1.20. The van der Waals surface area contributed by atoms with E-state index in [4.69, 9.17) is 9.15 Å². The molecule has 1 aromatic rings. The van der Waals surface area contributed by atoms with Gasteiger partial charge < -0.3 is 9.15 Å². The Balaban J connectivity index is 2.29. The molecule has 0 saturated carbocycles. The fraction of sp³-hybridized carbons (Fsp3) is 0.300. The number of furan rings is 1. The summed E-state index contributed by atoms with van der Waals surface area (Å²) >= 11 is 0. The van der Waals surface area contributed by atoms with E-state index in [2.05, 4.69) is 6.58 Å². The van der Waals surface area contributed by atoms with Crippen LogP contribution in [0.5, 0.6) is 0 Å². The van der Waals surface area contributed by atoms with Crippen molar-refractivity contribution in [3.63, 3.8) is 0 Å². The first kappa shape index (κ1) is 19.3. The van der Waals surface area contributed by atoms with Crippen LogP contribution < -0.4 is 0 Å². The minimum Gasteiger partial charge on any atom is -0.460 e. The van der Waals surface area contributed by atoms with E-state index in [9.17, 15) is 19.2 Å². The molecule has 6 nitrogen and oxygen atoms in total. The maximum atomic E-state index is 12.6.